The SMILES string of the molecule is Cc1ccc(C)c(NC(=O)CSc2cccc(NC(=O)C3CC3)c2)c1. The van der Waals surface area contributed by atoms with Crippen molar-refractivity contribution in [2.45, 2.75) is 31.6 Å². The van der Waals surface area contributed by atoms with E-state index in [1.165, 1.54) is 11.8 Å². The molecule has 1 aliphatic rings. The molecule has 0 heterocycles. The van der Waals surface area contributed by atoms with Crippen molar-refractivity contribution < 1.29 is 9.59 Å². The molecule has 0 spiro atoms. The topological polar surface area (TPSA) is 58.2 Å². The smallest absolute Gasteiger partial charge is 0.234 e. The van der Waals surface area contributed by atoms with Gasteiger partial charge in [0.25, 0.3) is 0 Å². The van der Waals surface area contributed by atoms with Gasteiger partial charge in [0, 0.05) is 22.2 Å². The van der Waals surface area contributed by atoms with Gasteiger partial charge in [-0.25, -0.2) is 0 Å². The predicted octanol–water partition coefficient (Wildman–Crippen LogP) is 4.38. The summed E-state index contributed by atoms with van der Waals surface area (Å²) in [6.45, 7) is 3.99. The monoisotopic (exact) mass is 354 g/mol. The van der Waals surface area contributed by atoms with Gasteiger partial charge < -0.3 is 10.6 Å². The third kappa shape index (κ3) is 5.10. The molecule has 1 aliphatic carbocycles. The van der Waals surface area contributed by atoms with E-state index in [1.54, 1.807) is 0 Å². The number of thioether (sulfide) groups is 1. The van der Waals surface area contributed by atoms with Crippen molar-refractivity contribution in [3.63, 3.8) is 0 Å². The van der Waals surface area contributed by atoms with Gasteiger partial charge in [-0.15, -0.1) is 11.8 Å². The summed E-state index contributed by atoms with van der Waals surface area (Å²) >= 11 is 1.46. The number of anilines is 2. The minimum atomic E-state index is -0.0360. The number of aryl methyl sites for hydroxylation is 2. The lowest BCUT2D eigenvalue weighted by Crippen LogP contribution is -2.15. The van der Waals surface area contributed by atoms with E-state index in [2.05, 4.69) is 10.6 Å². The summed E-state index contributed by atoms with van der Waals surface area (Å²) in [5.41, 5.74) is 3.81. The Morgan fingerprint density at radius 2 is 1.88 bits per heavy atom. The van der Waals surface area contributed by atoms with Crippen molar-refractivity contribution in [3.05, 3.63) is 53.6 Å². The second kappa shape index (κ2) is 7.74. The Labute approximate surface area is 152 Å². The number of hydrogen-bond acceptors (Lipinski definition) is 3. The molecule has 4 nitrogen and oxygen atoms in total. The summed E-state index contributed by atoms with van der Waals surface area (Å²) in [5, 5.41) is 5.89. The normalized spacial score (nSPS) is 13.4. The third-order valence-corrected chi connectivity index (χ3v) is 5.08. The number of nitrogens with one attached hydrogen (secondary N) is 2. The zero-order valence-corrected chi connectivity index (χ0v) is 15.3. The highest BCUT2D eigenvalue weighted by molar-refractivity contribution is 8.00. The van der Waals surface area contributed by atoms with Crippen molar-refractivity contribution in [1.29, 1.82) is 0 Å². The maximum atomic E-state index is 12.2. The van der Waals surface area contributed by atoms with Crippen LogP contribution >= 0.6 is 11.8 Å². The molecule has 2 N–H and O–H groups in total. The maximum absolute atomic E-state index is 12.2. The van der Waals surface area contributed by atoms with Crippen LogP contribution in [0.3, 0.4) is 0 Å². The molecule has 130 valence electrons. The number of carbonyl (C=O) groups excluding carboxylic acids is 2. The van der Waals surface area contributed by atoms with Gasteiger partial charge in [0.2, 0.25) is 11.8 Å². The van der Waals surface area contributed by atoms with E-state index in [9.17, 15) is 9.59 Å². The average molecular weight is 354 g/mol. The van der Waals surface area contributed by atoms with Crippen LogP contribution in [-0.2, 0) is 9.59 Å². The number of benzene rings is 2. The zero-order valence-electron chi connectivity index (χ0n) is 14.5. The molecule has 5 heteroatoms. The van der Waals surface area contributed by atoms with Gasteiger partial charge in [-0.1, -0.05) is 18.2 Å². The van der Waals surface area contributed by atoms with Crippen LogP contribution in [0.1, 0.15) is 24.0 Å². The highest BCUT2D eigenvalue weighted by Gasteiger charge is 2.29. The summed E-state index contributed by atoms with van der Waals surface area (Å²) in [4.78, 5) is 25.0. The fraction of sp³-hybridized carbons (Fsp3) is 0.300. The van der Waals surface area contributed by atoms with Gasteiger partial charge in [-0.05, 0) is 62.1 Å². The van der Waals surface area contributed by atoms with Gasteiger partial charge in [0.15, 0.2) is 0 Å². The van der Waals surface area contributed by atoms with E-state index < -0.39 is 0 Å². The van der Waals surface area contributed by atoms with Crippen LogP contribution in [0.15, 0.2) is 47.4 Å². The Kier molecular flexibility index (Phi) is 5.43. The summed E-state index contributed by atoms with van der Waals surface area (Å²) in [7, 11) is 0. The maximum Gasteiger partial charge on any atom is 0.234 e. The van der Waals surface area contributed by atoms with Crippen LogP contribution in [0.4, 0.5) is 11.4 Å². The van der Waals surface area contributed by atoms with Crippen molar-refractivity contribution in [3.8, 4) is 0 Å². The average Bonchev–Trinajstić information content (AvgIpc) is 3.42. The number of hydrogen-bond donors (Lipinski definition) is 2. The van der Waals surface area contributed by atoms with Crippen LogP contribution in [0.2, 0.25) is 0 Å². The molecular formula is C20H22N2O2S. The molecule has 2 aromatic rings. The summed E-state index contributed by atoms with van der Waals surface area (Å²) in [6, 6.07) is 13.6. The summed E-state index contributed by atoms with van der Waals surface area (Å²) < 4.78 is 0. The van der Waals surface area contributed by atoms with E-state index in [1.807, 2.05) is 56.3 Å². The Hall–Kier alpha value is -2.27. The van der Waals surface area contributed by atoms with Crippen LogP contribution in [0.5, 0.6) is 0 Å². The van der Waals surface area contributed by atoms with E-state index in [-0.39, 0.29) is 17.7 Å². The van der Waals surface area contributed by atoms with E-state index >= 15 is 0 Å². The largest absolute Gasteiger partial charge is 0.326 e. The van der Waals surface area contributed by atoms with E-state index in [4.69, 9.17) is 0 Å². The molecule has 3 rings (SSSR count). The molecular weight excluding hydrogens is 332 g/mol. The number of rotatable bonds is 6. The molecule has 1 saturated carbocycles. The first kappa shape index (κ1) is 17.5. The van der Waals surface area contributed by atoms with Gasteiger partial charge in [0.1, 0.15) is 0 Å². The van der Waals surface area contributed by atoms with Crippen LogP contribution in [0.25, 0.3) is 0 Å². The highest BCUT2D eigenvalue weighted by atomic mass is 32.2. The van der Waals surface area contributed by atoms with Crippen LogP contribution in [0, 0.1) is 19.8 Å². The van der Waals surface area contributed by atoms with Crippen molar-refractivity contribution in [2.75, 3.05) is 16.4 Å². The minimum Gasteiger partial charge on any atom is -0.326 e. The molecule has 0 unspecified atom stereocenters. The molecule has 25 heavy (non-hydrogen) atoms. The minimum absolute atomic E-state index is 0.0360. The lowest BCUT2D eigenvalue weighted by molar-refractivity contribution is -0.117. The third-order valence-electron chi connectivity index (χ3n) is 4.09. The van der Waals surface area contributed by atoms with Crippen molar-refractivity contribution >= 4 is 35.0 Å². The van der Waals surface area contributed by atoms with Gasteiger partial charge in [-0.2, -0.15) is 0 Å². The first-order valence-corrected chi connectivity index (χ1v) is 9.40. The second-order valence-corrected chi connectivity index (χ2v) is 7.50. The first-order valence-electron chi connectivity index (χ1n) is 8.42. The molecule has 0 saturated heterocycles. The molecule has 0 aromatic heterocycles. The second-order valence-electron chi connectivity index (χ2n) is 6.45. The fourth-order valence-corrected chi connectivity index (χ4v) is 3.21. The molecule has 2 amide bonds. The Balaban J connectivity index is 1.54. The molecule has 0 aliphatic heterocycles. The Morgan fingerprint density at radius 1 is 1.08 bits per heavy atom. The summed E-state index contributed by atoms with van der Waals surface area (Å²) in [5.74, 6) is 0.563. The Bertz CT molecular complexity index is 800. The van der Waals surface area contributed by atoms with Gasteiger partial charge >= 0.3 is 0 Å². The Morgan fingerprint density at radius 3 is 2.64 bits per heavy atom. The lowest BCUT2D eigenvalue weighted by atomic mass is 10.1. The fourth-order valence-electron chi connectivity index (χ4n) is 2.46. The quantitative estimate of drug-likeness (QED) is 0.757. The van der Waals surface area contributed by atoms with Crippen LogP contribution in [-0.4, -0.2) is 17.6 Å². The van der Waals surface area contributed by atoms with Gasteiger partial charge in [-0.3, -0.25) is 9.59 Å². The molecule has 0 atom stereocenters. The van der Waals surface area contributed by atoms with E-state index in [0.717, 1.165) is 40.2 Å². The van der Waals surface area contributed by atoms with Crippen LogP contribution < -0.4 is 10.6 Å². The first-order chi connectivity index (χ1) is 12.0. The number of carbonyl (C=O) groups is 2. The van der Waals surface area contributed by atoms with E-state index in [0.29, 0.717) is 5.75 Å². The predicted molar refractivity (Wildman–Crippen MR) is 103 cm³/mol. The molecule has 2 aromatic carbocycles. The zero-order chi connectivity index (χ0) is 17.8. The van der Waals surface area contributed by atoms with Crippen molar-refractivity contribution in [1.82, 2.24) is 0 Å². The molecule has 0 bridgehead atoms. The van der Waals surface area contributed by atoms with Crippen molar-refractivity contribution in [2.24, 2.45) is 5.92 Å². The highest BCUT2D eigenvalue weighted by Crippen LogP contribution is 2.30. The lowest BCUT2D eigenvalue weighted by Gasteiger charge is -2.10. The standard InChI is InChI=1S/C20H22N2O2S/c1-13-6-7-14(2)18(10-13)22-19(23)12-25-17-5-3-4-16(11-17)21-20(24)15-8-9-15/h3-7,10-11,15H,8-9,12H2,1-2H3,(H,21,24)(H,22,23). The molecule has 0 radical (unpaired) electrons. The molecule has 1 fully saturated rings. The van der Waals surface area contributed by atoms with Gasteiger partial charge in [0.05, 0.1) is 5.75 Å². The summed E-state index contributed by atoms with van der Waals surface area (Å²) in [6.07, 6.45) is 1.97. The number of amides is 2.